The van der Waals surface area contributed by atoms with E-state index in [1.165, 1.54) is 0 Å². The molecule has 1 aromatic heterocycles. The highest BCUT2D eigenvalue weighted by Gasteiger charge is 2.42. The van der Waals surface area contributed by atoms with E-state index in [0.29, 0.717) is 38.0 Å². The molecule has 0 aliphatic carbocycles. The van der Waals surface area contributed by atoms with Crippen molar-refractivity contribution in [2.24, 2.45) is 0 Å². The summed E-state index contributed by atoms with van der Waals surface area (Å²) in [6.07, 6.45) is 2.77. The Hall–Kier alpha value is -3.52. The molecule has 2 aliphatic rings. The molecule has 2 atom stereocenters. The van der Waals surface area contributed by atoms with Crippen molar-refractivity contribution >= 4 is 29.1 Å². The van der Waals surface area contributed by atoms with Gasteiger partial charge in [-0.1, -0.05) is 55.8 Å². The minimum absolute atomic E-state index is 0.0976. The molecule has 0 radical (unpaired) electrons. The minimum atomic E-state index is -0.555. The Kier molecular flexibility index (Phi) is 7.37. The molecule has 192 valence electrons. The Morgan fingerprint density at radius 1 is 1.16 bits per heavy atom. The maximum atomic E-state index is 13.7. The smallest absolute Gasteiger partial charge is 0.255 e. The number of aromatic nitrogens is 1. The van der Waals surface area contributed by atoms with Crippen LogP contribution in [0.3, 0.4) is 0 Å². The number of nitrogens with zero attached hydrogens (tertiary/aromatic N) is 3. The molecule has 2 aromatic carbocycles. The van der Waals surface area contributed by atoms with Crippen molar-refractivity contribution in [2.75, 3.05) is 6.54 Å². The zero-order valence-corrected chi connectivity index (χ0v) is 22.1. The van der Waals surface area contributed by atoms with E-state index in [9.17, 15) is 14.4 Å². The molecule has 3 amide bonds. The third kappa shape index (κ3) is 5.03. The number of likely N-dealkylation sites (tertiary alicyclic amines) is 1. The molecular formula is C29H32N4O3S. The number of carbonyl (C=O) groups excluding carboxylic acids is 3. The topological polar surface area (TPSA) is 82.6 Å². The second kappa shape index (κ2) is 10.8. The fourth-order valence-corrected chi connectivity index (χ4v) is 6.18. The Bertz CT molecular complexity index is 1300. The highest BCUT2D eigenvalue weighted by molar-refractivity contribution is 7.13. The van der Waals surface area contributed by atoms with Crippen LogP contribution in [0.1, 0.15) is 59.8 Å². The molecule has 7 nitrogen and oxygen atoms in total. The highest BCUT2D eigenvalue weighted by Crippen LogP contribution is 2.29. The fraction of sp³-hybridized carbons (Fsp3) is 0.379. The summed E-state index contributed by atoms with van der Waals surface area (Å²) >= 11 is 1.61. The average molecular weight is 517 g/mol. The Morgan fingerprint density at radius 2 is 1.95 bits per heavy atom. The van der Waals surface area contributed by atoms with E-state index in [0.717, 1.165) is 40.1 Å². The lowest BCUT2D eigenvalue weighted by molar-refractivity contribution is -0.142. The average Bonchev–Trinajstić information content (AvgIpc) is 3.65. The summed E-state index contributed by atoms with van der Waals surface area (Å²) in [6, 6.07) is 14.6. The zero-order valence-electron chi connectivity index (χ0n) is 21.3. The minimum Gasteiger partial charge on any atom is -0.350 e. The van der Waals surface area contributed by atoms with Gasteiger partial charge < -0.3 is 15.1 Å². The lowest BCUT2D eigenvalue weighted by atomic mass is 10.1. The largest absolute Gasteiger partial charge is 0.350 e. The van der Waals surface area contributed by atoms with Crippen LogP contribution < -0.4 is 5.32 Å². The van der Waals surface area contributed by atoms with Gasteiger partial charge in [-0.05, 0) is 48.9 Å². The third-order valence-corrected chi connectivity index (χ3v) is 8.32. The summed E-state index contributed by atoms with van der Waals surface area (Å²) in [5.74, 6) is -0.357. The van der Waals surface area contributed by atoms with Crippen LogP contribution in [-0.2, 0) is 22.7 Å². The standard InChI is InChI=1S/C29H32N4O3S/c1-3-7-25(33-17-22-8-4-5-9-23(22)28(33)35)29(36)32-15-6-10-24(32)27(34)30-16-20-11-13-21(14-12-20)26-19(2)31-18-37-26/h4-5,8-9,11-14,18,24-25H,3,6-7,10,15-17H2,1-2H3,(H,30,34). The van der Waals surface area contributed by atoms with Crippen LogP contribution >= 0.6 is 11.3 Å². The quantitative estimate of drug-likeness (QED) is 0.476. The van der Waals surface area contributed by atoms with Gasteiger partial charge in [0.15, 0.2) is 0 Å². The first kappa shape index (κ1) is 25.1. The number of amides is 3. The number of carbonyl (C=O) groups is 3. The molecule has 1 N–H and O–H groups in total. The predicted molar refractivity (Wildman–Crippen MR) is 144 cm³/mol. The molecule has 1 saturated heterocycles. The van der Waals surface area contributed by atoms with Gasteiger partial charge in [-0.2, -0.15) is 0 Å². The Balaban J connectivity index is 1.24. The van der Waals surface area contributed by atoms with Gasteiger partial charge in [0, 0.05) is 25.2 Å². The van der Waals surface area contributed by atoms with Crippen molar-refractivity contribution in [3.8, 4) is 10.4 Å². The normalized spacial score (nSPS) is 17.7. The van der Waals surface area contributed by atoms with E-state index in [2.05, 4.69) is 10.3 Å². The molecule has 5 rings (SSSR count). The number of hydrogen-bond donors (Lipinski definition) is 1. The monoisotopic (exact) mass is 516 g/mol. The van der Waals surface area contributed by atoms with Crippen molar-refractivity contribution in [1.29, 1.82) is 0 Å². The first-order valence-corrected chi connectivity index (χ1v) is 13.8. The predicted octanol–water partition coefficient (Wildman–Crippen LogP) is 4.55. The van der Waals surface area contributed by atoms with Crippen LogP contribution in [0.4, 0.5) is 0 Å². The number of aryl methyl sites for hydroxylation is 1. The van der Waals surface area contributed by atoms with Gasteiger partial charge in [0.2, 0.25) is 11.8 Å². The Labute approximate surface area is 221 Å². The maximum Gasteiger partial charge on any atom is 0.255 e. The summed E-state index contributed by atoms with van der Waals surface area (Å²) in [5, 5.41) is 3.03. The molecular weight excluding hydrogens is 484 g/mol. The van der Waals surface area contributed by atoms with Gasteiger partial charge in [-0.25, -0.2) is 4.98 Å². The van der Waals surface area contributed by atoms with Crippen molar-refractivity contribution < 1.29 is 14.4 Å². The number of nitrogens with one attached hydrogen (secondary N) is 1. The van der Waals surface area contributed by atoms with E-state index < -0.39 is 12.1 Å². The molecule has 0 bridgehead atoms. The fourth-order valence-electron chi connectivity index (χ4n) is 5.37. The Morgan fingerprint density at radius 3 is 2.65 bits per heavy atom. The van der Waals surface area contributed by atoms with Crippen LogP contribution in [0.15, 0.2) is 54.0 Å². The van der Waals surface area contributed by atoms with Gasteiger partial charge in [-0.15, -0.1) is 11.3 Å². The molecule has 0 saturated carbocycles. The molecule has 2 unspecified atom stereocenters. The summed E-state index contributed by atoms with van der Waals surface area (Å²) in [7, 11) is 0. The lowest BCUT2D eigenvalue weighted by Gasteiger charge is -2.33. The van der Waals surface area contributed by atoms with Crippen molar-refractivity contribution in [3.05, 3.63) is 76.4 Å². The van der Waals surface area contributed by atoms with Crippen LogP contribution in [0, 0.1) is 6.92 Å². The van der Waals surface area contributed by atoms with Crippen LogP contribution in [0.5, 0.6) is 0 Å². The van der Waals surface area contributed by atoms with Gasteiger partial charge >= 0.3 is 0 Å². The van der Waals surface area contributed by atoms with E-state index >= 15 is 0 Å². The molecule has 2 aliphatic heterocycles. The van der Waals surface area contributed by atoms with Crippen molar-refractivity contribution in [1.82, 2.24) is 20.1 Å². The number of fused-ring (bicyclic) bond motifs is 1. The van der Waals surface area contributed by atoms with E-state index in [4.69, 9.17) is 0 Å². The lowest BCUT2D eigenvalue weighted by Crippen LogP contribution is -2.53. The SMILES string of the molecule is CCCC(C(=O)N1CCCC1C(=O)NCc1ccc(-c2scnc2C)cc1)N1Cc2ccccc2C1=O. The zero-order chi connectivity index (χ0) is 25.9. The molecule has 1 fully saturated rings. The first-order chi connectivity index (χ1) is 18.0. The number of hydrogen-bond acceptors (Lipinski definition) is 5. The van der Waals surface area contributed by atoms with Gasteiger partial charge in [0.25, 0.3) is 5.91 Å². The number of rotatable bonds is 8. The summed E-state index contributed by atoms with van der Waals surface area (Å²) in [4.78, 5) is 48.9. The molecule has 3 heterocycles. The summed E-state index contributed by atoms with van der Waals surface area (Å²) in [6.45, 7) is 5.39. The molecule has 37 heavy (non-hydrogen) atoms. The van der Waals surface area contributed by atoms with Gasteiger partial charge in [0.1, 0.15) is 12.1 Å². The number of thiazole rings is 1. The summed E-state index contributed by atoms with van der Waals surface area (Å²) < 4.78 is 0. The van der Waals surface area contributed by atoms with E-state index in [1.54, 1.807) is 21.1 Å². The van der Waals surface area contributed by atoms with Crippen molar-refractivity contribution in [2.45, 2.75) is 64.7 Å². The van der Waals surface area contributed by atoms with Crippen molar-refractivity contribution in [3.63, 3.8) is 0 Å². The highest BCUT2D eigenvalue weighted by atomic mass is 32.1. The van der Waals surface area contributed by atoms with Crippen LogP contribution in [-0.4, -0.2) is 51.1 Å². The number of benzene rings is 2. The summed E-state index contributed by atoms with van der Waals surface area (Å²) in [5.41, 5.74) is 6.59. The first-order valence-electron chi connectivity index (χ1n) is 12.9. The van der Waals surface area contributed by atoms with Crippen LogP contribution in [0.25, 0.3) is 10.4 Å². The molecule has 0 spiro atoms. The molecule has 8 heteroatoms. The van der Waals surface area contributed by atoms with E-state index in [-0.39, 0.29) is 17.7 Å². The maximum absolute atomic E-state index is 13.7. The van der Waals surface area contributed by atoms with E-state index in [1.807, 2.05) is 67.9 Å². The van der Waals surface area contributed by atoms with Gasteiger partial charge in [-0.3, -0.25) is 14.4 Å². The molecule has 3 aromatic rings. The van der Waals surface area contributed by atoms with Crippen LogP contribution in [0.2, 0.25) is 0 Å². The second-order valence-corrected chi connectivity index (χ2v) is 10.6. The van der Waals surface area contributed by atoms with Gasteiger partial charge in [0.05, 0.1) is 16.1 Å². The third-order valence-electron chi connectivity index (χ3n) is 7.34. The second-order valence-electron chi connectivity index (χ2n) is 9.77.